The highest BCUT2D eigenvalue weighted by Crippen LogP contribution is 2.41. The quantitative estimate of drug-likeness (QED) is 0.458. The van der Waals surface area contributed by atoms with Crippen molar-refractivity contribution in [3.63, 3.8) is 0 Å². The van der Waals surface area contributed by atoms with Crippen molar-refractivity contribution in [3.8, 4) is 28.5 Å². The second-order valence-corrected chi connectivity index (χ2v) is 6.47. The number of fused-ring (bicyclic) bond motifs is 2. The molecular weight excluding hydrogens is 356 g/mol. The number of carbonyl (C=O) groups excluding carboxylic acids is 1. The zero-order valence-electron chi connectivity index (χ0n) is 14.5. The minimum Gasteiger partial charge on any atom is -0.508 e. The molecule has 1 aliphatic rings. The summed E-state index contributed by atoms with van der Waals surface area (Å²) in [4.78, 5) is 20.2. The van der Waals surface area contributed by atoms with Gasteiger partial charge in [0.25, 0.3) is 0 Å². The lowest BCUT2D eigenvalue weighted by atomic mass is 10.0. The standard InChI is InChI=1S/C22H14N2O4/c25-13-9-17(26)20-18(10-13)28-19(22(20)27)11-15-14-3-1-2-4-16(14)24-21(15)12-5-7-23-8-6-12/h1-11,24-26H/b19-11-. The maximum absolute atomic E-state index is 12.8. The van der Waals surface area contributed by atoms with Crippen LogP contribution in [0, 0.1) is 0 Å². The van der Waals surface area contributed by atoms with Crippen LogP contribution in [0.4, 0.5) is 0 Å². The maximum atomic E-state index is 12.8. The number of nitrogens with zero attached hydrogens (tertiary/aromatic N) is 1. The molecular formula is C22H14N2O4. The average molecular weight is 370 g/mol. The minimum atomic E-state index is -0.432. The smallest absolute Gasteiger partial charge is 0.235 e. The summed E-state index contributed by atoms with van der Waals surface area (Å²) in [6.45, 7) is 0. The number of pyridine rings is 1. The van der Waals surface area contributed by atoms with E-state index in [1.807, 2.05) is 36.4 Å². The summed E-state index contributed by atoms with van der Waals surface area (Å²) < 4.78 is 5.66. The molecule has 0 aliphatic carbocycles. The summed E-state index contributed by atoms with van der Waals surface area (Å²) in [6.07, 6.45) is 5.06. The number of aromatic amines is 1. The van der Waals surface area contributed by atoms with Crippen LogP contribution >= 0.6 is 0 Å². The van der Waals surface area contributed by atoms with Crippen molar-refractivity contribution in [3.05, 3.63) is 77.8 Å². The maximum Gasteiger partial charge on any atom is 0.235 e. The van der Waals surface area contributed by atoms with Crippen molar-refractivity contribution in [2.24, 2.45) is 0 Å². The molecule has 0 saturated carbocycles. The van der Waals surface area contributed by atoms with Crippen LogP contribution in [0.5, 0.6) is 17.2 Å². The number of nitrogens with one attached hydrogen (secondary N) is 1. The van der Waals surface area contributed by atoms with Gasteiger partial charge >= 0.3 is 0 Å². The molecule has 6 heteroatoms. The fourth-order valence-corrected chi connectivity index (χ4v) is 3.47. The van der Waals surface area contributed by atoms with Gasteiger partial charge in [0.05, 0.1) is 5.69 Å². The van der Waals surface area contributed by atoms with Gasteiger partial charge in [0.1, 0.15) is 22.8 Å². The molecule has 0 unspecified atom stereocenters. The molecule has 2 aromatic heterocycles. The number of carbonyl (C=O) groups is 1. The highest BCUT2D eigenvalue weighted by atomic mass is 16.5. The molecule has 136 valence electrons. The van der Waals surface area contributed by atoms with Crippen molar-refractivity contribution in [1.82, 2.24) is 9.97 Å². The third kappa shape index (κ3) is 2.43. The molecule has 0 radical (unpaired) electrons. The fourth-order valence-electron chi connectivity index (χ4n) is 3.47. The molecule has 5 rings (SSSR count). The van der Waals surface area contributed by atoms with E-state index in [-0.39, 0.29) is 28.6 Å². The van der Waals surface area contributed by atoms with Crippen LogP contribution < -0.4 is 4.74 Å². The van der Waals surface area contributed by atoms with Crippen molar-refractivity contribution in [2.45, 2.75) is 0 Å². The Balaban J connectivity index is 1.70. The number of ketones is 1. The van der Waals surface area contributed by atoms with Gasteiger partial charge in [0.2, 0.25) is 5.78 Å². The Labute approximate surface area is 159 Å². The highest BCUT2D eigenvalue weighted by molar-refractivity contribution is 6.17. The Kier molecular flexibility index (Phi) is 3.45. The Bertz CT molecular complexity index is 1270. The molecule has 0 amide bonds. The molecule has 0 spiro atoms. The van der Waals surface area contributed by atoms with Crippen LogP contribution in [0.15, 0.2) is 66.7 Å². The molecule has 1 aliphatic heterocycles. The third-order valence-corrected chi connectivity index (χ3v) is 4.73. The number of phenols is 2. The van der Waals surface area contributed by atoms with Crippen LogP contribution in [0.3, 0.4) is 0 Å². The van der Waals surface area contributed by atoms with E-state index in [0.717, 1.165) is 33.8 Å². The average Bonchev–Trinajstić information content (AvgIpc) is 3.21. The third-order valence-electron chi connectivity index (χ3n) is 4.73. The lowest BCUT2D eigenvalue weighted by molar-refractivity contribution is 0.101. The Hall–Kier alpha value is -4.06. The normalized spacial score (nSPS) is 14.4. The van der Waals surface area contributed by atoms with Crippen molar-refractivity contribution >= 4 is 22.8 Å². The van der Waals surface area contributed by atoms with E-state index in [0.29, 0.717) is 0 Å². The van der Waals surface area contributed by atoms with E-state index in [2.05, 4.69) is 9.97 Å². The van der Waals surface area contributed by atoms with Crippen molar-refractivity contribution in [1.29, 1.82) is 0 Å². The Morgan fingerprint density at radius 1 is 1.04 bits per heavy atom. The SMILES string of the molecule is O=C1/C(=C/c2c(-c3ccncc3)[nH]c3ccccc23)Oc2cc(O)cc(O)c21. The molecule has 0 saturated heterocycles. The summed E-state index contributed by atoms with van der Waals surface area (Å²) >= 11 is 0. The minimum absolute atomic E-state index is 0.0503. The molecule has 0 bridgehead atoms. The first-order chi connectivity index (χ1) is 13.6. The lowest BCUT2D eigenvalue weighted by Gasteiger charge is -2.02. The monoisotopic (exact) mass is 370 g/mol. The Morgan fingerprint density at radius 2 is 1.82 bits per heavy atom. The molecule has 6 nitrogen and oxygen atoms in total. The first-order valence-corrected chi connectivity index (χ1v) is 8.63. The van der Waals surface area contributed by atoms with Crippen LogP contribution in [-0.2, 0) is 0 Å². The van der Waals surface area contributed by atoms with Gasteiger partial charge in [-0.3, -0.25) is 9.78 Å². The van der Waals surface area contributed by atoms with Gasteiger partial charge in [0.15, 0.2) is 5.76 Å². The number of aromatic hydroxyl groups is 2. The molecule has 3 heterocycles. The topological polar surface area (TPSA) is 95.4 Å². The number of hydrogen-bond donors (Lipinski definition) is 3. The second-order valence-electron chi connectivity index (χ2n) is 6.47. The highest BCUT2D eigenvalue weighted by Gasteiger charge is 2.32. The van der Waals surface area contributed by atoms with Crippen molar-refractivity contribution < 1.29 is 19.7 Å². The number of para-hydroxylation sites is 1. The van der Waals surface area contributed by atoms with E-state index in [9.17, 15) is 15.0 Å². The number of rotatable bonds is 2. The van der Waals surface area contributed by atoms with Gasteiger partial charge in [-0.2, -0.15) is 0 Å². The van der Waals surface area contributed by atoms with E-state index in [1.165, 1.54) is 6.07 Å². The van der Waals surface area contributed by atoms with Gasteiger partial charge in [-0.15, -0.1) is 0 Å². The summed E-state index contributed by atoms with van der Waals surface area (Å²) in [5.74, 6) is -0.694. The number of benzene rings is 2. The van der Waals surface area contributed by atoms with Gasteiger partial charge in [0, 0.05) is 46.6 Å². The molecule has 2 aromatic carbocycles. The molecule has 4 aromatic rings. The molecule has 28 heavy (non-hydrogen) atoms. The molecule has 0 atom stereocenters. The number of ether oxygens (including phenoxy) is 1. The van der Waals surface area contributed by atoms with E-state index in [1.54, 1.807) is 18.5 Å². The van der Waals surface area contributed by atoms with E-state index in [4.69, 9.17) is 4.74 Å². The Morgan fingerprint density at radius 3 is 2.64 bits per heavy atom. The van der Waals surface area contributed by atoms with E-state index >= 15 is 0 Å². The summed E-state index contributed by atoms with van der Waals surface area (Å²) in [7, 11) is 0. The predicted octanol–water partition coefficient (Wildman–Crippen LogP) is 4.26. The van der Waals surface area contributed by atoms with Gasteiger partial charge in [-0.25, -0.2) is 0 Å². The van der Waals surface area contributed by atoms with Gasteiger partial charge < -0.3 is 19.9 Å². The fraction of sp³-hybridized carbons (Fsp3) is 0. The first kappa shape index (κ1) is 16.1. The summed E-state index contributed by atoms with van der Waals surface area (Å²) in [5, 5.41) is 20.6. The largest absolute Gasteiger partial charge is 0.508 e. The zero-order valence-corrected chi connectivity index (χ0v) is 14.5. The zero-order chi connectivity index (χ0) is 19.3. The number of Topliss-reactive ketones (excluding diaryl/α,β-unsaturated/α-hetero) is 1. The summed E-state index contributed by atoms with van der Waals surface area (Å²) in [5.41, 5.74) is 3.51. The second kappa shape index (κ2) is 5.99. The van der Waals surface area contributed by atoms with Crippen LogP contribution in [0.2, 0.25) is 0 Å². The summed E-state index contributed by atoms with van der Waals surface area (Å²) in [6, 6.07) is 14.0. The van der Waals surface area contributed by atoms with Crippen LogP contribution in [0.25, 0.3) is 28.2 Å². The first-order valence-electron chi connectivity index (χ1n) is 8.63. The number of phenolic OH excluding ortho intramolecular Hbond substituents is 2. The van der Waals surface area contributed by atoms with Crippen molar-refractivity contribution in [2.75, 3.05) is 0 Å². The van der Waals surface area contributed by atoms with Gasteiger partial charge in [-0.1, -0.05) is 18.2 Å². The number of allylic oxidation sites excluding steroid dienone is 1. The molecule has 0 fully saturated rings. The van der Waals surface area contributed by atoms with Gasteiger partial charge in [-0.05, 0) is 24.3 Å². The number of hydrogen-bond acceptors (Lipinski definition) is 5. The molecule has 3 N–H and O–H groups in total. The number of aromatic nitrogens is 2. The number of H-pyrrole nitrogens is 1. The van der Waals surface area contributed by atoms with E-state index < -0.39 is 5.78 Å². The van der Waals surface area contributed by atoms with Crippen LogP contribution in [0.1, 0.15) is 15.9 Å². The lowest BCUT2D eigenvalue weighted by Crippen LogP contribution is -1.98. The predicted molar refractivity (Wildman–Crippen MR) is 104 cm³/mol. The van der Waals surface area contributed by atoms with Crippen LogP contribution in [-0.4, -0.2) is 26.0 Å².